The van der Waals surface area contributed by atoms with Crippen molar-refractivity contribution in [2.45, 2.75) is 12.5 Å². The van der Waals surface area contributed by atoms with Crippen LogP contribution in [0.3, 0.4) is 0 Å². The van der Waals surface area contributed by atoms with Gasteiger partial charge in [0.05, 0.1) is 11.6 Å². The molecule has 1 aromatic heterocycles. The summed E-state index contributed by atoms with van der Waals surface area (Å²) < 4.78 is 11.9. The molecule has 0 radical (unpaired) electrons. The van der Waals surface area contributed by atoms with Gasteiger partial charge in [0.15, 0.2) is 0 Å². The number of nitro groups is 1. The van der Waals surface area contributed by atoms with Crippen molar-refractivity contribution >= 4 is 16.3 Å². The second-order valence-corrected chi connectivity index (χ2v) is 3.61. The van der Waals surface area contributed by atoms with Crippen molar-refractivity contribution < 1.29 is 9.31 Å². The molecule has 2 N–H and O–H groups in total. The summed E-state index contributed by atoms with van der Waals surface area (Å²) in [5.74, 6) is 0. The van der Waals surface area contributed by atoms with E-state index in [4.69, 9.17) is 5.73 Å². The Balaban J connectivity index is 2.73. The molecule has 0 amide bonds. The van der Waals surface area contributed by atoms with Gasteiger partial charge in [0.1, 0.15) is 0 Å². The largest absolute Gasteiger partial charge is 0.324 e. The van der Waals surface area contributed by atoms with E-state index in [1.807, 2.05) is 0 Å². The quantitative estimate of drug-likeness (QED) is 0.602. The maximum atomic E-state index is 11.9. The number of alkyl halides is 1. The molecule has 1 rings (SSSR count). The molecule has 0 aliphatic rings. The minimum atomic E-state index is -0.507. The van der Waals surface area contributed by atoms with Gasteiger partial charge in [-0.25, -0.2) is 0 Å². The predicted octanol–water partition coefficient (Wildman–Crippen LogP) is 2.02. The summed E-state index contributed by atoms with van der Waals surface area (Å²) in [6, 6.07) is 2.53. The van der Waals surface area contributed by atoms with Crippen LogP contribution < -0.4 is 5.73 Å². The van der Waals surface area contributed by atoms with Crippen LogP contribution in [-0.4, -0.2) is 11.6 Å². The van der Waals surface area contributed by atoms with Crippen molar-refractivity contribution in [1.29, 1.82) is 0 Å². The SMILES string of the molecule is N[C@@H](CCF)c1ccc([N+](=O)[O-])s1. The lowest BCUT2D eigenvalue weighted by atomic mass is 10.2. The molecule has 1 aromatic rings. The molecular weight excluding hydrogens is 195 g/mol. The topological polar surface area (TPSA) is 69.2 Å². The molecule has 4 nitrogen and oxygen atoms in total. The zero-order chi connectivity index (χ0) is 9.84. The smallest absolute Gasteiger partial charge is 0.323 e. The van der Waals surface area contributed by atoms with E-state index in [1.54, 1.807) is 6.07 Å². The summed E-state index contributed by atoms with van der Waals surface area (Å²) in [7, 11) is 0. The Morgan fingerprint density at radius 1 is 1.69 bits per heavy atom. The van der Waals surface area contributed by atoms with Gasteiger partial charge in [0, 0.05) is 17.0 Å². The van der Waals surface area contributed by atoms with E-state index in [0.29, 0.717) is 4.88 Å². The number of halogens is 1. The molecule has 1 heterocycles. The van der Waals surface area contributed by atoms with Crippen molar-refractivity contribution in [2.24, 2.45) is 5.73 Å². The molecule has 0 spiro atoms. The van der Waals surface area contributed by atoms with Crippen molar-refractivity contribution in [1.82, 2.24) is 0 Å². The fourth-order valence-corrected chi connectivity index (χ4v) is 1.76. The monoisotopic (exact) mass is 204 g/mol. The highest BCUT2D eigenvalue weighted by Gasteiger charge is 2.14. The summed E-state index contributed by atoms with van der Waals surface area (Å²) in [5, 5.41) is 10.3. The molecule has 0 saturated heterocycles. The molecule has 0 saturated carbocycles. The average Bonchev–Trinajstić information content (AvgIpc) is 2.52. The second kappa shape index (κ2) is 4.29. The number of nitrogens with zero attached hydrogens (tertiary/aromatic N) is 1. The van der Waals surface area contributed by atoms with Gasteiger partial charge in [-0.05, 0) is 12.5 Å². The van der Waals surface area contributed by atoms with Gasteiger partial charge in [-0.3, -0.25) is 14.5 Å². The number of thiophene rings is 1. The van der Waals surface area contributed by atoms with Crippen molar-refractivity contribution in [2.75, 3.05) is 6.67 Å². The Morgan fingerprint density at radius 2 is 2.38 bits per heavy atom. The van der Waals surface area contributed by atoms with Crippen LogP contribution in [0.5, 0.6) is 0 Å². The Hall–Kier alpha value is -1.01. The second-order valence-electron chi connectivity index (χ2n) is 2.52. The summed E-state index contributed by atoms with van der Waals surface area (Å²) >= 11 is 0.998. The van der Waals surface area contributed by atoms with Crippen molar-refractivity contribution in [3.63, 3.8) is 0 Å². The van der Waals surface area contributed by atoms with Gasteiger partial charge >= 0.3 is 5.00 Å². The van der Waals surface area contributed by atoms with Gasteiger partial charge < -0.3 is 5.73 Å². The third-order valence-corrected chi connectivity index (χ3v) is 2.75. The van der Waals surface area contributed by atoms with E-state index < -0.39 is 17.6 Å². The molecule has 0 bridgehead atoms. The fourth-order valence-electron chi connectivity index (χ4n) is 0.899. The molecule has 0 fully saturated rings. The Morgan fingerprint density at radius 3 is 2.85 bits per heavy atom. The lowest BCUT2D eigenvalue weighted by molar-refractivity contribution is -0.380. The van der Waals surface area contributed by atoms with Crippen LogP contribution in [0.2, 0.25) is 0 Å². The van der Waals surface area contributed by atoms with Gasteiger partial charge in [-0.15, -0.1) is 0 Å². The maximum absolute atomic E-state index is 11.9. The zero-order valence-electron chi connectivity index (χ0n) is 6.77. The van der Waals surface area contributed by atoms with Gasteiger partial charge in [0.2, 0.25) is 0 Å². The number of rotatable bonds is 4. The van der Waals surface area contributed by atoms with Crippen LogP contribution >= 0.6 is 11.3 Å². The van der Waals surface area contributed by atoms with E-state index in [2.05, 4.69) is 0 Å². The third kappa shape index (κ3) is 2.46. The Bertz CT molecular complexity index is 302. The molecular formula is C7H9FN2O2S. The first-order chi connectivity index (χ1) is 6.15. The van der Waals surface area contributed by atoms with E-state index in [9.17, 15) is 14.5 Å². The number of hydrogen-bond acceptors (Lipinski definition) is 4. The molecule has 0 aromatic carbocycles. The van der Waals surface area contributed by atoms with Gasteiger partial charge in [-0.2, -0.15) is 0 Å². The van der Waals surface area contributed by atoms with Crippen LogP contribution in [0.4, 0.5) is 9.39 Å². The van der Waals surface area contributed by atoms with Crippen LogP contribution in [-0.2, 0) is 0 Å². The van der Waals surface area contributed by atoms with Gasteiger partial charge in [-0.1, -0.05) is 11.3 Å². The average molecular weight is 204 g/mol. The molecule has 0 aliphatic carbocycles. The third-order valence-electron chi connectivity index (χ3n) is 1.58. The summed E-state index contributed by atoms with van der Waals surface area (Å²) in [6.45, 7) is -0.507. The lowest BCUT2D eigenvalue weighted by Crippen LogP contribution is -2.08. The number of nitrogens with two attached hydrogens (primary N) is 1. The van der Waals surface area contributed by atoms with Crippen LogP contribution in [0.1, 0.15) is 17.3 Å². The zero-order valence-corrected chi connectivity index (χ0v) is 7.59. The first-order valence-electron chi connectivity index (χ1n) is 3.71. The van der Waals surface area contributed by atoms with Crippen LogP contribution in [0, 0.1) is 10.1 Å². The summed E-state index contributed by atoms with van der Waals surface area (Å²) in [5.41, 5.74) is 5.57. The van der Waals surface area contributed by atoms with E-state index in [0.717, 1.165) is 11.3 Å². The van der Waals surface area contributed by atoms with Crippen molar-refractivity contribution in [3.05, 3.63) is 27.1 Å². The Labute approximate surface area is 78.3 Å². The molecule has 6 heteroatoms. The first-order valence-corrected chi connectivity index (χ1v) is 4.52. The normalized spacial score (nSPS) is 12.8. The van der Waals surface area contributed by atoms with E-state index >= 15 is 0 Å². The molecule has 0 unspecified atom stereocenters. The Kier molecular flexibility index (Phi) is 3.32. The summed E-state index contributed by atoms with van der Waals surface area (Å²) in [4.78, 5) is 10.5. The van der Waals surface area contributed by atoms with Crippen LogP contribution in [0.25, 0.3) is 0 Å². The van der Waals surface area contributed by atoms with E-state index in [1.165, 1.54) is 6.07 Å². The predicted molar refractivity (Wildman–Crippen MR) is 48.5 cm³/mol. The highest BCUT2D eigenvalue weighted by atomic mass is 32.1. The highest BCUT2D eigenvalue weighted by molar-refractivity contribution is 7.15. The maximum Gasteiger partial charge on any atom is 0.324 e. The molecule has 72 valence electrons. The minimum Gasteiger partial charge on any atom is -0.323 e. The molecule has 0 aliphatic heterocycles. The molecule has 1 atom stereocenters. The van der Waals surface area contributed by atoms with Crippen molar-refractivity contribution in [3.8, 4) is 0 Å². The minimum absolute atomic E-state index is 0.0457. The van der Waals surface area contributed by atoms with Gasteiger partial charge in [0.25, 0.3) is 0 Å². The summed E-state index contributed by atoms with van der Waals surface area (Å²) in [6.07, 6.45) is 0.206. The highest BCUT2D eigenvalue weighted by Crippen LogP contribution is 2.28. The molecule has 13 heavy (non-hydrogen) atoms. The van der Waals surface area contributed by atoms with Crippen LogP contribution in [0.15, 0.2) is 12.1 Å². The first kappa shape index (κ1) is 10.1. The number of hydrogen-bond donors (Lipinski definition) is 1. The van der Waals surface area contributed by atoms with E-state index in [-0.39, 0.29) is 11.4 Å². The lowest BCUT2D eigenvalue weighted by Gasteiger charge is -2.03. The standard InChI is InChI=1S/C7H9FN2O2S/c8-4-3-5(9)6-1-2-7(13-6)10(11)12/h1-2,5H,3-4,9H2/t5-/m0/s1. The fraction of sp³-hybridized carbons (Fsp3) is 0.429.